The van der Waals surface area contributed by atoms with Crippen molar-refractivity contribution in [2.45, 2.75) is 25.4 Å². The first-order valence-electron chi connectivity index (χ1n) is 11.5. The minimum atomic E-state index is -2.59. The molecule has 0 spiro atoms. The molecule has 4 aromatic carbocycles. The molecule has 31 heavy (non-hydrogen) atoms. The Morgan fingerprint density at radius 3 is 1.35 bits per heavy atom. The molecular formula is C30H31P. The van der Waals surface area contributed by atoms with E-state index in [-0.39, 0.29) is 0 Å². The van der Waals surface area contributed by atoms with Gasteiger partial charge < -0.3 is 0 Å². The molecule has 1 fully saturated rings. The van der Waals surface area contributed by atoms with Gasteiger partial charge in [0.05, 0.1) is 0 Å². The van der Waals surface area contributed by atoms with E-state index in [0.717, 1.165) is 6.42 Å². The minimum absolute atomic E-state index is 0.651. The molecule has 0 nitrogen and oxygen atoms in total. The van der Waals surface area contributed by atoms with Crippen molar-refractivity contribution in [3.05, 3.63) is 127 Å². The Morgan fingerprint density at radius 1 is 0.581 bits per heavy atom. The summed E-state index contributed by atoms with van der Waals surface area (Å²) >= 11 is 0. The average molecular weight is 423 g/mol. The molecule has 0 aliphatic carbocycles. The first-order valence-corrected chi connectivity index (χ1v) is 14.0. The number of hydrogen-bond acceptors (Lipinski definition) is 0. The second kappa shape index (κ2) is 8.10. The van der Waals surface area contributed by atoms with Gasteiger partial charge in [-0.2, -0.15) is 0 Å². The zero-order chi connectivity index (χ0) is 21.2. The quantitative estimate of drug-likeness (QED) is 0.326. The van der Waals surface area contributed by atoms with Gasteiger partial charge in [0.2, 0.25) is 0 Å². The maximum atomic E-state index is 2.48. The third kappa shape index (κ3) is 3.00. The molecule has 1 heterocycles. The molecule has 5 rings (SSSR count). The molecule has 0 radical (unpaired) electrons. The zero-order valence-electron chi connectivity index (χ0n) is 18.3. The molecule has 0 aromatic heterocycles. The van der Waals surface area contributed by atoms with Gasteiger partial charge in [0.1, 0.15) is 0 Å². The topological polar surface area (TPSA) is 0 Å². The molecule has 1 aliphatic heterocycles. The van der Waals surface area contributed by atoms with Gasteiger partial charge in [-0.1, -0.05) is 0 Å². The summed E-state index contributed by atoms with van der Waals surface area (Å²) < 4.78 is 0. The second-order valence-corrected chi connectivity index (χ2v) is 14.5. The third-order valence-electron chi connectivity index (χ3n) is 7.67. The van der Waals surface area contributed by atoms with Gasteiger partial charge in [0.25, 0.3) is 0 Å². The van der Waals surface area contributed by atoms with Gasteiger partial charge in [-0.25, -0.2) is 0 Å². The van der Waals surface area contributed by atoms with Crippen LogP contribution < -0.4 is 15.9 Å². The van der Waals surface area contributed by atoms with Crippen molar-refractivity contribution in [3.8, 4) is 0 Å². The summed E-state index contributed by atoms with van der Waals surface area (Å²) in [5.41, 5.74) is 2.10. The van der Waals surface area contributed by atoms with Crippen LogP contribution in [0, 0.1) is 5.92 Å². The predicted octanol–water partition coefficient (Wildman–Crippen LogP) is 6.17. The van der Waals surface area contributed by atoms with Crippen LogP contribution in [0.2, 0.25) is 0 Å². The Bertz CT molecular complexity index is 1020. The summed E-state index contributed by atoms with van der Waals surface area (Å²) in [6.45, 7) is -0.104. The van der Waals surface area contributed by atoms with Gasteiger partial charge in [-0.15, -0.1) is 0 Å². The fourth-order valence-electron chi connectivity index (χ4n) is 6.45. The summed E-state index contributed by atoms with van der Waals surface area (Å²) in [6, 6.07) is 45.5. The molecule has 0 bridgehead atoms. The first kappa shape index (κ1) is 20.2. The maximum absolute atomic E-state index is 2.59. The molecule has 0 N–H and O–H groups in total. The van der Waals surface area contributed by atoms with E-state index in [0.29, 0.717) is 11.6 Å². The van der Waals surface area contributed by atoms with Crippen LogP contribution in [0.4, 0.5) is 0 Å². The molecule has 0 amide bonds. The number of aryl methyl sites for hydroxylation is 1. The van der Waals surface area contributed by atoms with E-state index >= 15 is 0 Å². The molecular weight excluding hydrogens is 391 g/mol. The van der Waals surface area contributed by atoms with Crippen molar-refractivity contribution < 1.29 is 0 Å². The van der Waals surface area contributed by atoms with Crippen LogP contribution in [-0.4, -0.2) is 11.8 Å². The van der Waals surface area contributed by atoms with E-state index in [4.69, 9.17) is 0 Å². The first-order chi connectivity index (χ1) is 15.3. The second-order valence-electron chi connectivity index (χ2n) is 9.14. The van der Waals surface area contributed by atoms with E-state index in [9.17, 15) is 0 Å². The van der Waals surface area contributed by atoms with Crippen molar-refractivity contribution in [1.29, 1.82) is 0 Å². The van der Waals surface area contributed by atoms with Gasteiger partial charge in [0, 0.05) is 0 Å². The normalized spacial score (nSPS) is 22.5. The average Bonchev–Trinajstić information content (AvgIpc) is 2.85. The molecule has 156 valence electrons. The number of benzene rings is 4. The van der Waals surface area contributed by atoms with E-state index in [2.05, 4.69) is 128 Å². The summed E-state index contributed by atoms with van der Waals surface area (Å²) in [4.78, 5) is 0. The molecule has 1 heteroatoms. The summed E-state index contributed by atoms with van der Waals surface area (Å²) in [7, 11) is 0. The summed E-state index contributed by atoms with van der Waals surface area (Å²) in [6.07, 6.45) is 3.63. The molecule has 0 saturated carbocycles. The van der Waals surface area contributed by atoms with Crippen molar-refractivity contribution in [1.82, 2.24) is 0 Å². The summed E-state index contributed by atoms with van der Waals surface area (Å²) in [5.74, 6) is 0.710. The van der Waals surface area contributed by atoms with Gasteiger partial charge >= 0.3 is 187 Å². The predicted molar refractivity (Wildman–Crippen MR) is 138 cm³/mol. The molecule has 0 unspecified atom stereocenters. The van der Waals surface area contributed by atoms with Gasteiger partial charge in [0.15, 0.2) is 0 Å². The Morgan fingerprint density at radius 2 is 0.968 bits per heavy atom. The SMILES string of the molecule is C[C@H]1CP(c2ccccc2)(c2ccccc2)(c2ccccc2)[C@H]1CCc1ccccc1. The fraction of sp³-hybridized carbons (Fsp3) is 0.200. The van der Waals surface area contributed by atoms with Gasteiger partial charge in [-0.05, 0) is 0 Å². The molecule has 4 aromatic rings. The molecule has 2 atom stereocenters. The Balaban J connectivity index is 1.75. The Kier molecular flexibility index (Phi) is 5.28. The van der Waals surface area contributed by atoms with Crippen molar-refractivity contribution >= 4 is 22.5 Å². The van der Waals surface area contributed by atoms with Crippen LogP contribution in [0.15, 0.2) is 121 Å². The monoisotopic (exact) mass is 422 g/mol. The summed E-state index contributed by atoms with van der Waals surface area (Å²) in [5, 5.41) is 4.67. The number of hydrogen-bond donors (Lipinski definition) is 0. The van der Waals surface area contributed by atoms with Crippen molar-refractivity contribution in [3.63, 3.8) is 0 Å². The molecule has 1 saturated heterocycles. The van der Waals surface area contributed by atoms with Crippen LogP contribution >= 0.6 is 6.60 Å². The Labute approximate surface area is 186 Å². The van der Waals surface area contributed by atoms with E-state index in [1.807, 2.05) is 0 Å². The zero-order valence-corrected chi connectivity index (χ0v) is 19.2. The fourth-order valence-corrected chi connectivity index (χ4v) is 14.9. The molecule has 1 aliphatic rings. The van der Waals surface area contributed by atoms with Crippen molar-refractivity contribution in [2.75, 3.05) is 6.16 Å². The van der Waals surface area contributed by atoms with Crippen molar-refractivity contribution in [2.24, 2.45) is 5.92 Å². The Hall–Kier alpha value is -2.69. The van der Waals surface area contributed by atoms with Crippen LogP contribution in [0.1, 0.15) is 18.9 Å². The van der Waals surface area contributed by atoms with Crippen LogP contribution in [0.3, 0.4) is 0 Å². The van der Waals surface area contributed by atoms with E-state index in [1.165, 1.54) is 18.1 Å². The standard InChI is InChI=1S/C30H31P/c1-25-24-31(27-16-8-3-9-17-27,28-18-10-4-11-19-28,29-20-12-5-13-21-29)30(25)23-22-26-14-6-2-7-15-26/h2-21,25,30H,22-24H2,1H3/t25-,30-/m0/s1. The third-order valence-corrected chi connectivity index (χ3v) is 15.7. The van der Waals surface area contributed by atoms with Crippen LogP contribution in [-0.2, 0) is 6.42 Å². The van der Waals surface area contributed by atoms with Crippen LogP contribution in [0.25, 0.3) is 0 Å². The number of rotatable bonds is 6. The van der Waals surface area contributed by atoms with Crippen LogP contribution in [0.5, 0.6) is 0 Å². The van der Waals surface area contributed by atoms with E-state index < -0.39 is 6.60 Å². The van der Waals surface area contributed by atoms with Gasteiger partial charge in [-0.3, -0.25) is 0 Å². The van der Waals surface area contributed by atoms with E-state index in [1.54, 1.807) is 15.9 Å².